The van der Waals surface area contributed by atoms with Crippen LogP contribution in [0.3, 0.4) is 0 Å². The minimum absolute atomic E-state index is 0.00685. The van der Waals surface area contributed by atoms with Gasteiger partial charge in [-0.05, 0) is 38.8 Å². The summed E-state index contributed by atoms with van der Waals surface area (Å²) in [4.78, 5) is 12.0. The topological polar surface area (TPSA) is 79.2 Å². The summed E-state index contributed by atoms with van der Waals surface area (Å²) >= 11 is 0. The molecule has 1 aromatic carbocycles. The zero-order valence-corrected chi connectivity index (χ0v) is 14.0. The summed E-state index contributed by atoms with van der Waals surface area (Å²) in [5, 5.41) is 19.0. The molecule has 0 radical (unpaired) electrons. The number of amides is 2. The first-order chi connectivity index (χ1) is 10.9. The van der Waals surface area contributed by atoms with Crippen LogP contribution in [0, 0.1) is 19.8 Å². The maximum Gasteiger partial charge on any atom is 0.320 e. The molecular weight excluding hydrogens is 292 g/mol. The molecule has 0 aliphatic carbocycles. The molecule has 124 valence electrons. The van der Waals surface area contributed by atoms with Gasteiger partial charge in [0.05, 0.1) is 5.69 Å². The Hall–Kier alpha value is -2.34. The normalized spacial score (nSPS) is 13.4. The third-order valence-electron chi connectivity index (χ3n) is 3.91. The van der Waals surface area contributed by atoms with E-state index in [1.54, 1.807) is 4.68 Å². The van der Waals surface area contributed by atoms with Gasteiger partial charge in [-0.3, -0.25) is 5.32 Å². The summed E-state index contributed by atoms with van der Waals surface area (Å²) in [6.45, 7) is 7.73. The van der Waals surface area contributed by atoms with Crippen molar-refractivity contribution in [3.05, 3.63) is 41.6 Å². The molecule has 2 unspecified atom stereocenters. The fourth-order valence-corrected chi connectivity index (χ4v) is 2.14. The molecule has 0 spiro atoms. The lowest BCUT2D eigenvalue weighted by molar-refractivity contribution is 0.204. The van der Waals surface area contributed by atoms with E-state index < -0.39 is 0 Å². The maximum absolute atomic E-state index is 12.0. The van der Waals surface area contributed by atoms with Crippen LogP contribution in [-0.4, -0.2) is 33.6 Å². The molecule has 1 aromatic heterocycles. The molecule has 23 heavy (non-hydrogen) atoms. The number of carbonyl (C=O) groups is 1. The van der Waals surface area contributed by atoms with E-state index in [0.717, 1.165) is 11.4 Å². The summed E-state index contributed by atoms with van der Waals surface area (Å²) in [6, 6.07) is 9.39. The molecule has 2 aromatic rings. The van der Waals surface area contributed by atoms with E-state index in [9.17, 15) is 4.79 Å². The number of hydrogen-bond donors (Lipinski definition) is 3. The van der Waals surface area contributed by atoms with E-state index in [2.05, 4.69) is 15.7 Å². The van der Waals surface area contributed by atoms with E-state index in [1.165, 1.54) is 5.56 Å². The zero-order valence-electron chi connectivity index (χ0n) is 14.0. The largest absolute Gasteiger partial charge is 0.396 e. The molecule has 0 aliphatic rings. The first-order valence-corrected chi connectivity index (χ1v) is 7.72. The molecule has 0 saturated carbocycles. The lowest BCUT2D eigenvalue weighted by atomic mass is 10.1. The van der Waals surface area contributed by atoms with Gasteiger partial charge in [0.25, 0.3) is 0 Å². The van der Waals surface area contributed by atoms with Crippen LogP contribution in [0.1, 0.15) is 25.1 Å². The summed E-state index contributed by atoms with van der Waals surface area (Å²) in [6.07, 6.45) is 0. The van der Waals surface area contributed by atoms with Crippen molar-refractivity contribution in [3.63, 3.8) is 0 Å². The van der Waals surface area contributed by atoms with Gasteiger partial charge in [-0.2, -0.15) is 0 Å². The van der Waals surface area contributed by atoms with Gasteiger partial charge in [-0.25, -0.2) is 9.48 Å². The molecular formula is C17H24N4O2. The van der Waals surface area contributed by atoms with Crippen molar-refractivity contribution in [2.75, 3.05) is 11.9 Å². The highest BCUT2D eigenvalue weighted by Gasteiger charge is 2.15. The Bertz CT molecular complexity index is 664. The third-order valence-corrected chi connectivity index (χ3v) is 3.91. The number of aryl methyl sites for hydroxylation is 2. The summed E-state index contributed by atoms with van der Waals surface area (Å²) < 4.78 is 1.79. The number of nitrogens with zero attached hydrogens (tertiary/aromatic N) is 2. The van der Waals surface area contributed by atoms with E-state index in [-0.39, 0.29) is 24.6 Å². The minimum atomic E-state index is -0.327. The lowest BCUT2D eigenvalue weighted by Gasteiger charge is -2.18. The average Bonchev–Trinajstić information content (AvgIpc) is 2.87. The second-order valence-corrected chi connectivity index (χ2v) is 5.97. The highest BCUT2D eigenvalue weighted by Crippen LogP contribution is 2.15. The Balaban J connectivity index is 2.06. The summed E-state index contributed by atoms with van der Waals surface area (Å²) in [7, 11) is 0. The van der Waals surface area contributed by atoms with Crippen LogP contribution in [0.25, 0.3) is 5.69 Å². The third kappa shape index (κ3) is 4.32. The van der Waals surface area contributed by atoms with Crippen molar-refractivity contribution >= 4 is 11.8 Å². The van der Waals surface area contributed by atoms with Crippen molar-refractivity contribution in [1.29, 1.82) is 0 Å². The Morgan fingerprint density at radius 1 is 1.26 bits per heavy atom. The molecule has 2 amide bonds. The van der Waals surface area contributed by atoms with Crippen molar-refractivity contribution in [2.45, 2.75) is 33.7 Å². The standard InChI is InChI=1S/C17H24N4O2/c1-11-5-7-15(8-6-11)21-13(3)9-16(20-21)19-17(23)18-14(4)12(2)10-22/h5-9,12,14,22H,10H2,1-4H3,(H2,18,19,20,23). The van der Waals surface area contributed by atoms with Crippen molar-refractivity contribution in [2.24, 2.45) is 5.92 Å². The Labute approximate surface area is 136 Å². The molecule has 2 rings (SSSR count). The predicted octanol–water partition coefficient (Wildman–Crippen LogP) is 2.63. The summed E-state index contributed by atoms with van der Waals surface area (Å²) in [5.74, 6) is 0.483. The van der Waals surface area contributed by atoms with Crippen LogP contribution in [-0.2, 0) is 0 Å². The number of urea groups is 1. The summed E-state index contributed by atoms with van der Waals surface area (Å²) in [5.41, 5.74) is 3.06. The van der Waals surface area contributed by atoms with Crippen LogP contribution >= 0.6 is 0 Å². The van der Waals surface area contributed by atoms with E-state index in [0.29, 0.717) is 5.82 Å². The SMILES string of the molecule is Cc1ccc(-n2nc(NC(=O)NC(C)C(C)CO)cc2C)cc1. The quantitative estimate of drug-likeness (QED) is 0.793. The van der Waals surface area contributed by atoms with Gasteiger partial charge in [0.2, 0.25) is 0 Å². The number of aromatic nitrogens is 2. The Morgan fingerprint density at radius 3 is 2.52 bits per heavy atom. The second-order valence-electron chi connectivity index (χ2n) is 5.97. The number of nitrogens with one attached hydrogen (secondary N) is 2. The van der Waals surface area contributed by atoms with Crippen molar-refractivity contribution < 1.29 is 9.90 Å². The Kier molecular flexibility index (Phi) is 5.39. The van der Waals surface area contributed by atoms with Crippen LogP contribution in [0.4, 0.5) is 10.6 Å². The van der Waals surface area contributed by atoms with Crippen LogP contribution in [0.15, 0.2) is 30.3 Å². The van der Waals surface area contributed by atoms with Crippen molar-refractivity contribution in [1.82, 2.24) is 15.1 Å². The molecule has 0 fully saturated rings. The fraction of sp³-hybridized carbons (Fsp3) is 0.412. The molecule has 0 aliphatic heterocycles. The van der Waals surface area contributed by atoms with Crippen molar-refractivity contribution in [3.8, 4) is 5.69 Å². The molecule has 0 bridgehead atoms. The van der Waals surface area contributed by atoms with Gasteiger partial charge in [0, 0.05) is 24.4 Å². The van der Waals surface area contributed by atoms with Gasteiger partial charge >= 0.3 is 6.03 Å². The predicted molar refractivity (Wildman–Crippen MR) is 90.9 cm³/mol. The van der Waals surface area contributed by atoms with E-state index >= 15 is 0 Å². The Morgan fingerprint density at radius 2 is 1.91 bits per heavy atom. The second kappa shape index (κ2) is 7.28. The van der Waals surface area contributed by atoms with Crippen LogP contribution in [0.2, 0.25) is 0 Å². The molecule has 0 saturated heterocycles. The average molecular weight is 316 g/mol. The highest BCUT2D eigenvalue weighted by atomic mass is 16.3. The number of anilines is 1. The maximum atomic E-state index is 12.0. The van der Waals surface area contributed by atoms with Crippen LogP contribution in [0.5, 0.6) is 0 Å². The number of benzene rings is 1. The smallest absolute Gasteiger partial charge is 0.320 e. The number of rotatable bonds is 5. The zero-order chi connectivity index (χ0) is 17.0. The number of hydrogen-bond acceptors (Lipinski definition) is 3. The van der Waals surface area contributed by atoms with Gasteiger partial charge in [0.1, 0.15) is 0 Å². The number of aliphatic hydroxyl groups is 1. The minimum Gasteiger partial charge on any atom is -0.396 e. The highest BCUT2D eigenvalue weighted by molar-refractivity contribution is 5.88. The first kappa shape index (κ1) is 17.0. The van der Waals surface area contributed by atoms with Gasteiger partial charge < -0.3 is 10.4 Å². The van der Waals surface area contributed by atoms with E-state index in [4.69, 9.17) is 5.11 Å². The monoisotopic (exact) mass is 316 g/mol. The molecule has 1 heterocycles. The number of aliphatic hydroxyl groups excluding tert-OH is 1. The van der Waals surface area contributed by atoms with Gasteiger partial charge in [0.15, 0.2) is 5.82 Å². The van der Waals surface area contributed by atoms with Crippen LogP contribution < -0.4 is 10.6 Å². The van der Waals surface area contributed by atoms with E-state index in [1.807, 2.05) is 58.0 Å². The molecule has 2 atom stereocenters. The first-order valence-electron chi connectivity index (χ1n) is 7.72. The van der Waals surface area contributed by atoms with Gasteiger partial charge in [-0.1, -0.05) is 24.6 Å². The number of carbonyl (C=O) groups excluding carboxylic acids is 1. The lowest BCUT2D eigenvalue weighted by Crippen LogP contribution is -2.40. The molecule has 6 heteroatoms. The fourth-order valence-electron chi connectivity index (χ4n) is 2.14. The molecule has 6 nitrogen and oxygen atoms in total. The molecule has 3 N–H and O–H groups in total. The van der Waals surface area contributed by atoms with Gasteiger partial charge in [-0.15, -0.1) is 5.10 Å².